The van der Waals surface area contributed by atoms with Crippen molar-refractivity contribution in [2.24, 2.45) is 5.92 Å². The molecule has 0 aromatic rings. The Hall–Kier alpha value is -0.633. The van der Waals surface area contributed by atoms with E-state index < -0.39 is 37.9 Å². The van der Waals surface area contributed by atoms with Gasteiger partial charge in [-0.3, -0.25) is 4.90 Å². The van der Waals surface area contributed by atoms with Crippen LogP contribution in [0.1, 0.15) is 62.3 Å². The Morgan fingerprint density at radius 1 is 1.26 bits per heavy atom. The van der Waals surface area contributed by atoms with Crippen LogP contribution in [0.2, 0.25) is 18.1 Å². The number of rotatable bonds is 5. The molecule has 1 fully saturated rings. The lowest BCUT2D eigenvalue weighted by Gasteiger charge is -2.39. The summed E-state index contributed by atoms with van der Waals surface area (Å²) in [6.45, 7) is 22.8. The second kappa shape index (κ2) is 8.01. The lowest BCUT2D eigenvalue weighted by Crippen LogP contribution is -2.55. The number of ether oxygens (including phenoxy) is 2. The van der Waals surface area contributed by atoms with Gasteiger partial charge in [0.15, 0.2) is 8.32 Å². The highest BCUT2D eigenvalue weighted by atomic mass is 28.4. The van der Waals surface area contributed by atoms with Crippen LogP contribution in [0.15, 0.2) is 0 Å². The number of aliphatic hydroxyl groups is 1. The highest BCUT2D eigenvalue weighted by Gasteiger charge is 2.49. The van der Waals surface area contributed by atoms with Gasteiger partial charge in [0.2, 0.25) is 0 Å². The summed E-state index contributed by atoms with van der Waals surface area (Å²) in [5.74, 6) is -0.133. The number of carbonyl (C=O) groups is 1. The summed E-state index contributed by atoms with van der Waals surface area (Å²) in [4.78, 5) is 14.3. The SMILES string of the molecule is C[C@@H](CO[Si](C)(C)C(C)(C)C)[C@@H](O)[C@H]1COC(C)(C)N1C(=O)OC(C)(C)C. The Labute approximate surface area is 166 Å². The van der Waals surface area contributed by atoms with Crippen molar-refractivity contribution in [2.45, 2.75) is 104 Å². The zero-order valence-corrected chi connectivity index (χ0v) is 20.2. The third-order valence-electron chi connectivity index (χ3n) is 5.60. The van der Waals surface area contributed by atoms with E-state index in [0.717, 1.165) is 0 Å². The van der Waals surface area contributed by atoms with Gasteiger partial charge in [-0.15, -0.1) is 0 Å². The molecule has 6 nitrogen and oxygen atoms in total. The zero-order valence-electron chi connectivity index (χ0n) is 19.2. The predicted molar refractivity (Wildman–Crippen MR) is 110 cm³/mol. The quantitative estimate of drug-likeness (QED) is 0.690. The molecule has 1 N–H and O–H groups in total. The minimum absolute atomic E-state index is 0.110. The Balaban J connectivity index is 2.87. The molecule has 0 aromatic carbocycles. The van der Waals surface area contributed by atoms with Crippen LogP contribution in [-0.2, 0) is 13.9 Å². The van der Waals surface area contributed by atoms with Crippen LogP contribution in [0.4, 0.5) is 4.79 Å². The average Bonchev–Trinajstić information content (AvgIpc) is 2.76. The third-order valence-corrected chi connectivity index (χ3v) is 10.1. The van der Waals surface area contributed by atoms with Gasteiger partial charge < -0.3 is 19.0 Å². The van der Waals surface area contributed by atoms with Gasteiger partial charge in [-0.1, -0.05) is 27.7 Å². The van der Waals surface area contributed by atoms with Crippen LogP contribution in [-0.4, -0.2) is 61.1 Å². The predicted octanol–water partition coefficient (Wildman–Crippen LogP) is 4.38. The van der Waals surface area contributed by atoms with Crippen molar-refractivity contribution in [3.8, 4) is 0 Å². The Morgan fingerprint density at radius 2 is 1.78 bits per heavy atom. The molecule has 0 radical (unpaired) electrons. The summed E-state index contributed by atoms with van der Waals surface area (Å²) in [5, 5.41) is 11.1. The molecule has 0 saturated carbocycles. The standard InChI is InChI=1S/C20H41NO5Si/c1-14(12-25-27(10,11)19(5,6)7)16(22)15-13-24-20(8,9)21(15)17(23)26-18(2,3)4/h14-16,22H,12-13H2,1-11H3/t14-,15+,16+/m0/s1. The summed E-state index contributed by atoms with van der Waals surface area (Å²) in [5.41, 5.74) is -1.43. The third kappa shape index (κ3) is 6.17. The highest BCUT2D eigenvalue weighted by Crippen LogP contribution is 2.37. The van der Waals surface area contributed by atoms with Crippen LogP contribution >= 0.6 is 0 Å². The number of carbonyl (C=O) groups excluding carboxylic acids is 1. The highest BCUT2D eigenvalue weighted by molar-refractivity contribution is 6.74. The van der Waals surface area contributed by atoms with Crippen molar-refractivity contribution in [3.05, 3.63) is 0 Å². The Kier molecular flexibility index (Phi) is 7.24. The van der Waals surface area contributed by atoms with Crippen molar-refractivity contribution >= 4 is 14.4 Å². The topological polar surface area (TPSA) is 68.2 Å². The minimum atomic E-state index is -1.90. The second-order valence-corrected chi connectivity index (χ2v) is 15.5. The molecule has 1 aliphatic heterocycles. The van der Waals surface area contributed by atoms with Gasteiger partial charge in [0.1, 0.15) is 11.3 Å². The minimum Gasteiger partial charge on any atom is -0.444 e. The molecule has 3 atom stereocenters. The molecule has 0 aromatic heterocycles. The number of hydrogen-bond acceptors (Lipinski definition) is 5. The van der Waals surface area contributed by atoms with E-state index in [2.05, 4.69) is 33.9 Å². The first-order valence-electron chi connectivity index (χ1n) is 9.87. The molecule has 0 spiro atoms. The summed E-state index contributed by atoms with van der Waals surface area (Å²) in [6.07, 6.45) is -1.23. The lowest BCUT2D eigenvalue weighted by molar-refractivity contribution is -0.0713. The van der Waals surface area contributed by atoms with E-state index in [0.29, 0.717) is 6.61 Å². The zero-order chi connectivity index (χ0) is 21.4. The van der Waals surface area contributed by atoms with Crippen molar-refractivity contribution in [1.82, 2.24) is 4.90 Å². The maximum absolute atomic E-state index is 12.8. The fourth-order valence-corrected chi connectivity index (χ4v) is 3.90. The van der Waals surface area contributed by atoms with Gasteiger partial charge >= 0.3 is 6.09 Å². The Bertz CT molecular complexity index is 521. The van der Waals surface area contributed by atoms with Crippen molar-refractivity contribution < 1.29 is 23.8 Å². The first-order chi connectivity index (χ1) is 11.9. The summed E-state index contributed by atoms with van der Waals surface area (Å²) in [6, 6.07) is -0.465. The second-order valence-electron chi connectivity index (χ2n) is 10.7. The molecule has 1 aliphatic rings. The van der Waals surface area contributed by atoms with Gasteiger partial charge in [0.25, 0.3) is 0 Å². The van der Waals surface area contributed by atoms with Gasteiger partial charge in [-0.2, -0.15) is 0 Å². The summed E-state index contributed by atoms with van der Waals surface area (Å²) in [7, 11) is -1.90. The maximum atomic E-state index is 12.8. The number of aliphatic hydroxyl groups excluding tert-OH is 1. The fraction of sp³-hybridized carbons (Fsp3) is 0.950. The molecule has 7 heteroatoms. The van der Waals surface area contributed by atoms with E-state index in [-0.39, 0.29) is 17.6 Å². The van der Waals surface area contributed by atoms with E-state index in [1.807, 2.05) is 41.5 Å². The smallest absolute Gasteiger partial charge is 0.412 e. The van der Waals surface area contributed by atoms with Crippen LogP contribution in [0.25, 0.3) is 0 Å². The molecule has 0 unspecified atom stereocenters. The van der Waals surface area contributed by atoms with Gasteiger partial charge in [-0.25, -0.2) is 4.79 Å². The molecular weight excluding hydrogens is 362 g/mol. The Morgan fingerprint density at radius 3 is 2.22 bits per heavy atom. The molecule has 1 amide bonds. The van der Waals surface area contributed by atoms with E-state index >= 15 is 0 Å². The molecular formula is C20H41NO5Si. The fourth-order valence-electron chi connectivity index (χ4n) is 2.78. The molecule has 1 saturated heterocycles. The van der Waals surface area contributed by atoms with E-state index in [1.165, 1.54) is 4.90 Å². The molecule has 160 valence electrons. The van der Waals surface area contributed by atoms with Crippen LogP contribution in [0.3, 0.4) is 0 Å². The van der Waals surface area contributed by atoms with Crippen molar-refractivity contribution in [2.75, 3.05) is 13.2 Å². The monoisotopic (exact) mass is 403 g/mol. The van der Waals surface area contributed by atoms with E-state index in [1.54, 1.807) is 0 Å². The largest absolute Gasteiger partial charge is 0.444 e. The molecule has 27 heavy (non-hydrogen) atoms. The van der Waals surface area contributed by atoms with Crippen LogP contribution in [0.5, 0.6) is 0 Å². The first-order valence-corrected chi connectivity index (χ1v) is 12.8. The van der Waals surface area contributed by atoms with Crippen LogP contribution in [0, 0.1) is 5.92 Å². The number of amides is 1. The van der Waals surface area contributed by atoms with E-state index in [4.69, 9.17) is 13.9 Å². The molecule has 1 heterocycles. The van der Waals surface area contributed by atoms with Gasteiger partial charge in [0.05, 0.1) is 18.8 Å². The maximum Gasteiger partial charge on any atom is 0.412 e. The van der Waals surface area contributed by atoms with Crippen LogP contribution < -0.4 is 0 Å². The molecule has 1 rings (SSSR count). The molecule has 0 bridgehead atoms. The average molecular weight is 404 g/mol. The van der Waals surface area contributed by atoms with E-state index in [9.17, 15) is 9.90 Å². The molecule has 0 aliphatic carbocycles. The van der Waals surface area contributed by atoms with Crippen molar-refractivity contribution in [1.29, 1.82) is 0 Å². The first kappa shape index (κ1) is 24.4. The number of hydrogen-bond donors (Lipinski definition) is 1. The normalized spacial score (nSPS) is 23.3. The number of nitrogens with zero attached hydrogens (tertiary/aromatic N) is 1. The summed E-state index contributed by atoms with van der Waals surface area (Å²) >= 11 is 0. The summed E-state index contributed by atoms with van der Waals surface area (Å²) < 4.78 is 17.6. The lowest BCUT2D eigenvalue weighted by atomic mass is 9.98. The van der Waals surface area contributed by atoms with Crippen molar-refractivity contribution in [3.63, 3.8) is 0 Å². The van der Waals surface area contributed by atoms with Gasteiger partial charge in [-0.05, 0) is 52.8 Å². The van der Waals surface area contributed by atoms with Gasteiger partial charge in [0, 0.05) is 12.5 Å².